The molecule has 1 N–H and O–H groups in total. The quantitative estimate of drug-likeness (QED) is 0.825. The van der Waals surface area contributed by atoms with Gasteiger partial charge in [-0.15, -0.1) is 0 Å². The minimum Gasteiger partial charge on any atom is -0.392 e. The van der Waals surface area contributed by atoms with Crippen LogP contribution in [0.1, 0.15) is 32.8 Å². The molecule has 2 nitrogen and oxygen atoms in total. The van der Waals surface area contributed by atoms with Crippen LogP contribution in [0, 0.1) is 11.2 Å². The minimum atomic E-state index is -0.285. The average molecular weight is 263 g/mol. The first-order valence-electron chi connectivity index (χ1n) is 6.75. The van der Waals surface area contributed by atoms with Crippen LogP contribution in [0.15, 0.2) is 29.8 Å². The fourth-order valence-corrected chi connectivity index (χ4v) is 2.49. The molecular weight excluding hydrogens is 241 g/mol. The number of hydrogen-bond acceptors (Lipinski definition) is 2. The molecule has 1 heterocycles. The van der Waals surface area contributed by atoms with Gasteiger partial charge in [-0.3, -0.25) is 0 Å². The van der Waals surface area contributed by atoms with Gasteiger partial charge in [-0.05, 0) is 35.6 Å². The highest BCUT2D eigenvalue weighted by molar-refractivity contribution is 5.50. The molecule has 3 heteroatoms. The molecule has 0 aromatic heterocycles. The standard InChI is InChI=1S/C16H22FNO/c1-16(2,3)13-4-6-18(7-5-13)15-9-12(11-19)8-14(17)10-15/h4,8-10,19H,5-7,11H2,1-3H3. The SMILES string of the molecule is CC(C)(C)C1=CCN(c2cc(F)cc(CO)c2)CC1. The first-order chi connectivity index (χ1) is 8.90. The van der Waals surface area contributed by atoms with E-state index in [4.69, 9.17) is 5.11 Å². The minimum absolute atomic E-state index is 0.123. The molecule has 0 fully saturated rings. The lowest BCUT2D eigenvalue weighted by molar-refractivity contribution is 0.281. The third-order valence-corrected chi connectivity index (χ3v) is 3.66. The van der Waals surface area contributed by atoms with Gasteiger partial charge in [0.1, 0.15) is 5.82 Å². The average Bonchev–Trinajstić information content (AvgIpc) is 2.37. The molecule has 1 aromatic rings. The number of nitrogens with zero attached hydrogens (tertiary/aromatic N) is 1. The second-order valence-electron chi connectivity index (χ2n) is 6.15. The summed E-state index contributed by atoms with van der Waals surface area (Å²) in [6.07, 6.45) is 3.25. The summed E-state index contributed by atoms with van der Waals surface area (Å²) in [6, 6.07) is 4.78. The van der Waals surface area contributed by atoms with Gasteiger partial charge in [-0.1, -0.05) is 32.4 Å². The van der Waals surface area contributed by atoms with Crippen molar-refractivity contribution in [2.45, 2.75) is 33.8 Å². The molecule has 104 valence electrons. The van der Waals surface area contributed by atoms with E-state index in [0.29, 0.717) is 5.56 Å². The van der Waals surface area contributed by atoms with Crippen molar-refractivity contribution < 1.29 is 9.50 Å². The maximum absolute atomic E-state index is 13.5. The van der Waals surface area contributed by atoms with Crippen molar-refractivity contribution >= 4 is 5.69 Å². The number of rotatable bonds is 2. The van der Waals surface area contributed by atoms with Crippen LogP contribution in [-0.2, 0) is 6.61 Å². The van der Waals surface area contributed by atoms with Crippen LogP contribution < -0.4 is 4.90 Å². The molecule has 0 bridgehead atoms. The molecule has 0 amide bonds. The van der Waals surface area contributed by atoms with Crippen LogP contribution in [0.3, 0.4) is 0 Å². The molecule has 1 aromatic carbocycles. The third kappa shape index (κ3) is 3.35. The zero-order valence-electron chi connectivity index (χ0n) is 11.9. The van der Waals surface area contributed by atoms with Gasteiger partial charge in [0.15, 0.2) is 0 Å². The molecule has 0 spiro atoms. The van der Waals surface area contributed by atoms with Crippen molar-refractivity contribution in [3.8, 4) is 0 Å². The molecule has 0 atom stereocenters. The molecule has 0 unspecified atom stereocenters. The van der Waals surface area contributed by atoms with Gasteiger partial charge in [0.05, 0.1) is 6.61 Å². The summed E-state index contributed by atoms with van der Waals surface area (Å²) in [4.78, 5) is 2.15. The lowest BCUT2D eigenvalue weighted by Gasteiger charge is -2.33. The van der Waals surface area contributed by atoms with E-state index in [9.17, 15) is 4.39 Å². The Labute approximate surface area is 114 Å². The number of aliphatic hydroxyl groups excluding tert-OH is 1. The van der Waals surface area contributed by atoms with E-state index in [1.165, 1.54) is 17.7 Å². The maximum atomic E-state index is 13.5. The molecule has 0 radical (unpaired) electrons. The Morgan fingerprint density at radius 1 is 1.26 bits per heavy atom. The van der Waals surface area contributed by atoms with Crippen LogP contribution in [-0.4, -0.2) is 18.2 Å². The lowest BCUT2D eigenvalue weighted by atomic mass is 9.83. The fourth-order valence-electron chi connectivity index (χ4n) is 2.49. The summed E-state index contributed by atoms with van der Waals surface area (Å²) < 4.78 is 13.5. The number of hydrogen-bond donors (Lipinski definition) is 1. The van der Waals surface area contributed by atoms with Gasteiger partial charge in [0, 0.05) is 18.8 Å². The first kappa shape index (κ1) is 14.1. The van der Waals surface area contributed by atoms with Crippen molar-refractivity contribution in [1.82, 2.24) is 0 Å². The molecule has 0 saturated heterocycles. The highest BCUT2D eigenvalue weighted by Crippen LogP contribution is 2.31. The molecule has 1 aliphatic rings. The fraction of sp³-hybridized carbons (Fsp3) is 0.500. The van der Waals surface area contributed by atoms with Crippen LogP contribution in [0.2, 0.25) is 0 Å². The topological polar surface area (TPSA) is 23.5 Å². The predicted octanol–water partition coefficient (Wildman–Crippen LogP) is 3.50. The van der Waals surface area contributed by atoms with Crippen LogP contribution in [0.25, 0.3) is 0 Å². The second-order valence-corrected chi connectivity index (χ2v) is 6.15. The number of anilines is 1. The Morgan fingerprint density at radius 2 is 2.00 bits per heavy atom. The van der Waals surface area contributed by atoms with E-state index in [0.717, 1.165) is 25.2 Å². The van der Waals surface area contributed by atoms with Crippen molar-refractivity contribution in [2.75, 3.05) is 18.0 Å². The zero-order chi connectivity index (χ0) is 14.0. The Bertz CT molecular complexity index is 488. The van der Waals surface area contributed by atoms with Crippen LogP contribution in [0.4, 0.5) is 10.1 Å². The largest absolute Gasteiger partial charge is 0.392 e. The highest BCUT2D eigenvalue weighted by Gasteiger charge is 2.21. The van der Waals surface area contributed by atoms with Gasteiger partial charge >= 0.3 is 0 Å². The maximum Gasteiger partial charge on any atom is 0.125 e. The molecule has 0 aliphatic carbocycles. The van der Waals surface area contributed by atoms with Crippen molar-refractivity contribution in [3.63, 3.8) is 0 Å². The number of aliphatic hydroxyl groups is 1. The molecule has 19 heavy (non-hydrogen) atoms. The van der Waals surface area contributed by atoms with Crippen molar-refractivity contribution in [3.05, 3.63) is 41.2 Å². The zero-order valence-corrected chi connectivity index (χ0v) is 11.9. The summed E-state index contributed by atoms with van der Waals surface area (Å²) in [7, 11) is 0. The van der Waals surface area contributed by atoms with Gasteiger partial charge in [-0.2, -0.15) is 0 Å². The van der Waals surface area contributed by atoms with Gasteiger partial charge in [0.25, 0.3) is 0 Å². The normalized spacial score (nSPS) is 16.5. The summed E-state index contributed by atoms with van der Waals surface area (Å²) in [5.74, 6) is -0.285. The summed E-state index contributed by atoms with van der Waals surface area (Å²) in [6.45, 7) is 8.25. The molecule has 0 saturated carbocycles. The Balaban J connectivity index is 2.18. The van der Waals surface area contributed by atoms with Crippen molar-refractivity contribution in [2.24, 2.45) is 5.41 Å². The third-order valence-electron chi connectivity index (χ3n) is 3.66. The lowest BCUT2D eigenvalue weighted by Crippen LogP contribution is -2.31. The van der Waals surface area contributed by atoms with Crippen molar-refractivity contribution in [1.29, 1.82) is 0 Å². The van der Waals surface area contributed by atoms with E-state index < -0.39 is 0 Å². The Hall–Kier alpha value is -1.35. The smallest absolute Gasteiger partial charge is 0.125 e. The van der Waals surface area contributed by atoms with Gasteiger partial charge < -0.3 is 10.0 Å². The van der Waals surface area contributed by atoms with E-state index in [1.54, 1.807) is 0 Å². The summed E-state index contributed by atoms with van der Waals surface area (Å²) in [5, 5.41) is 9.14. The summed E-state index contributed by atoms with van der Waals surface area (Å²) >= 11 is 0. The van der Waals surface area contributed by atoms with E-state index >= 15 is 0 Å². The Kier molecular flexibility index (Phi) is 3.95. The van der Waals surface area contributed by atoms with E-state index in [1.807, 2.05) is 6.07 Å². The van der Waals surface area contributed by atoms with Gasteiger partial charge in [0.2, 0.25) is 0 Å². The van der Waals surface area contributed by atoms with Gasteiger partial charge in [-0.25, -0.2) is 4.39 Å². The van der Waals surface area contributed by atoms with Crippen LogP contribution in [0.5, 0.6) is 0 Å². The van der Waals surface area contributed by atoms with Crippen LogP contribution >= 0.6 is 0 Å². The van der Waals surface area contributed by atoms with E-state index in [-0.39, 0.29) is 17.8 Å². The molecule has 2 rings (SSSR count). The predicted molar refractivity (Wildman–Crippen MR) is 76.7 cm³/mol. The van der Waals surface area contributed by atoms with E-state index in [2.05, 4.69) is 31.7 Å². The molecule has 1 aliphatic heterocycles. The number of halogens is 1. The second kappa shape index (κ2) is 5.33. The highest BCUT2D eigenvalue weighted by atomic mass is 19.1. The monoisotopic (exact) mass is 263 g/mol. The number of benzene rings is 1. The molecular formula is C16H22FNO. The first-order valence-corrected chi connectivity index (χ1v) is 6.75. The Morgan fingerprint density at radius 3 is 2.53 bits per heavy atom. The summed E-state index contributed by atoms with van der Waals surface area (Å²) in [5.41, 5.74) is 3.15.